The second-order valence-electron chi connectivity index (χ2n) is 6.51. The molecule has 3 rings (SSSR count). The maximum Gasteiger partial charge on any atom is 0.433 e. The Bertz CT molecular complexity index is 675. The molecule has 0 bridgehead atoms. The Morgan fingerprint density at radius 1 is 1.08 bits per heavy atom. The minimum atomic E-state index is -4.40. The number of pyridine rings is 1. The molecule has 2 nitrogen and oxygen atoms in total. The Hall–Kier alpha value is -2.04. The van der Waals surface area contributed by atoms with Crippen LogP contribution in [0, 0.1) is 12.8 Å². The Kier molecular flexibility index (Phi) is 4.78. The van der Waals surface area contributed by atoms with Gasteiger partial charge in [0.05, 0.1) is 0 Å². The number of aromatic nitrogens is 1. The molecular formula is C19H21F3N2. The minimum absolute atomic E-state index is 0.445. The highest BCUT2D eigenvalue weighted by Gasteiger charge is 2.33. The zero-order valence-electron chi connectivity index (χ0n) is 13.7. The van der Waals surface area contributed by atoms with Crippen molar-refractivity contribution in [3.8, 4) is 0 Å². The second kappa shape index (κ2) is 6.83. The van der Waals surface area contributed by atoms with Crippen LogP contribution in [-0.4, -0.2) is 18.1 Å². The predicted molar refractivity (Wildman–Crippen MR) is 89.1 cm³/mol. The lowest BCUT2D eigenvalue weighted by molar-refractivity contribution is -0.141. The quantitative estimate of drug-likeness (QED) is 0.796. The highest BCUT2D eigenvalue weighted by molar-refractivity contribution is 5.43. The summed E-state index contributed by atoms with van der Waals surface area (Å²) in [7, 11) is 0. The molecule has 2 heterocycles. The number of nitrogens with zero attached hydrogens (tertiary/aromatic N) is 2. The van der Waals surface area contributed by atoms with E-state index in [9.17, 15) is 13.2 Å². The molecule has 0 aliphatic carbocycles. The maximum atomic E-state index is 12.9. The first kappa shape index (κ1) is 16.8. The van der Waals surface area contributed by atoms with Gasteiger partial charge in [0.25, 0.3) is 0 Å². The van der Waals surface area contributed by atoms with Crippen molar-refractivity contribution in [2.75, 3.05) is 18.0 Å². The van der Waals surface area contributed by atoms with Crippen LogP contribution in [0.1, 0.15) is 29.7 Å². The summed E-state index contributed by atoms with van der Waals surface area (Å²) in [5.41, 5.74) is 1.12. The van der Waals surface area contributed by atoms with Crippen molar-refractivity contribution in [2.45, 2.75) is 32.4 Å². The molecule has 0 N–H and O–H groups in total. The summed E-state index contributed by atoms with van der Waals surface area (Å²) in [5, 5.41) is 0. The SMILES string of the molecule is Cc1cc(N2CCC(Cc3ccccc3)CC2)nc(C(F)(F)F)c1. The lowest BCUT2D eigenvalue weighted by atomic mass is 9.90. The van der Waals surface area contributed by atoms with Gasteiger partial charge in [0.15, 0.2) is 0 Å². The van der Waals surface area contributed by atoms with E-state index in [0.717, 1.165) is 38.4 Å². The Morgan fingerprint density at radius 3 is 2.38 bits per heavy atom. The molecule has 1 saturated heterocycles. The van der Waals surface area contributed by atoms with E-state index in [1.165, 1.54) is 5.56 Å². The molecule has 1 fully saturated rings. The van der Waals surface area contributed by atoms with E-state index in [2.05, 4.69) is 17.1 Å². The van der Waals surface area contributed by atoms with Gasteiger partial charge in [-0.1, -0.05) is 30.3 Å². The van der Waals surface area contributed by atoms with Gasteiger partial charge in [0.1, 0.15) is 11.5 Å². The topological polar surface area (TPSA) is 16.1 Å². The Morgan fingerprint density at radius 2 is 1.75 bits per heavy atom. The Balaban J connectivity index is 1.65. The summed E-state index contributed by atoms with van der Waals surface area (Å²) in [5.74, 6) is 1.02. The molecule has 1 aromatic heterocycles. The number of aryl methyl sites for hydroxylation is 1. The molecule has 24 heavy (non-hydrogen) atoms. The van der Waals surface area contributed by atoms with Crippen LogP contribution in [0.3, 0.4) is 0 Å². The number of hydrogen-bond acceptors (Lipinski definition) is 2. The van der Waals surface area contributed by atoms with E-state index in [-0.39, 0.29) is 0 Å². The van der Waals surface area contributed by atoms with Crippen molar-refractivity contribution >= 4 is 5.82 Å². The van der Waals surface area contributed by atoms with Gasteiger partial charge in [0, 0.05) is 13.1 Å². The molecule has 0 spiro atoms. The number of rotatable bonds is 3. The molecule has 2 aromatic rings. The zero-order valence-corrected chi connectivity index (χ0v) is 13.7. The fourth-order valence-electron chi connectivity index (χ4n) is 3.27. The standard InChI is InChI=1S/C19H21F3N2/c1-14-11-17(19(20,21)22)23-18(12-14)24-9-7-16(8-10-24)13-15-5-3-2-4-6-15/h2-6,11-12,16H,7-10,13H2,1H3. The first-order valence-electron chi connectivity index (χ1n) is 8.26. The van der Waals surface area contributed by atoms with E-state index in [4.69, 9.17) is 0 Å². The van der Waals surface area contributed by atoms with Gasteiger partial charge in [-0.15, -0.1) is 0 Å². The molecule has 1 aliphatic rings. The summed E-state index contributed by atoms with van der Waals surface area (Å²) >= 11 is 0. The van der Waals surface area contributed by atoms with E-state index in [0.29, 0.717) is 17.3 Å². The predicted octanol–water partition coefficient (Wildman–Crippen LogP) is 4.87. The van der Waals surface area contributed by atoms with Gasteiger partial charge in [-0.05, 0) is 55.4 Å². The van der Waals surface area contributed by atoms with E-state index < -0.39 is 11.9 Å². The summed E-state index contributed by atoms with van der Waals surface area (Å²) in [6, 6.07) is 13.2. The molecule has 5 heteroatoms. The van der Waals surface area contributed by atoms with Gasteiger partial charge in [-0.25, -0.2) is 4.98 Å². The monoisotopic (exact) mass is 334 g/mol. The number of alkyl halides is 3. The third-order valence-corrected chi connectivity index (χ3v) is 4.55. The van der Waals surface area contributed by atoms with Crippen LogP contribution in [0.2, 0.25) is 0 Å². The average molecular weight is 334 g/mol. The molecular weight excluding hydrogens is 313 g/mol. The van der Waals surface area contributed by atoms with Crippen LogP contribution in [0.5, 0.6) is 0 Å². The molecule has 1 aliphatic heterocycles. The molecule has 128 valence electrons. The number of benzene rings is 1. The molecule has 0 saturated carbocycles. The van der Waals surface area contributed by atoms with Gasteiger partial charge in [0.2, 0.25) is 0 Å². The maximum absolute atomic E-state index is 12.9. The first-order chi connectivity index (χ1) is 11.4. The number of hydrogen-bond donors (Lipinski definition) is 0. The molecule has 0 amide bonds. The zero-order chi connectivity index (χ0) is 17.2. The lowest BCUT2D eigenvalue weighted by Gasteiger charge is -2.33. The van der Waals surface area contributed by atoms with Gasteiger partial charge < -0.3 is 4.90 Å². The van der Waals surface area contributed by atoms with Crippen molar-refractivity contribution in [1.29, 1.82) is 0 Å². The van der Waals surface area contributed by atoms with Crippen molar-refractivity contribution < 1.29 is 13.2 Å². The first-order valence-corrected chi connectivity index (χ1v) is 8.26. The number of anilines is 1. The van der Waals surface area contributed by atoms with Crippen molar-refractivity contribution in [2.24, 2.45) is 5.92 Å². The fourth-order valence-corrected chi connectivity index (χ4v) is 3.27. The minimum Gasteiger partial charge on any atom is -0.357 e. The van der Waals surface area contributed by atoms with Crippen molar-refractivity contribution in [3.05, 3.63) is 59.3 Å². The average Bonchev–Trinajstić information content (AvgIpc) is 2.55. The largest absolute Gasteiger partial charge is 0.433 e. The van der Waals surface area contributed by atoms with E-state index in [1.807, 2.05) is 23.1 Å². The Labute approximate surface area is 140 Å². The van der Waals surface area contributed by atoms with Gasteiger partial charge in [-0.3, -0.25) is 0 Å². The summed E-state index contributed by atoms with van der Waals surface area (Å²) < 4.78 is 38.8. The molecule has 0 radical (unpaired) electrons. The highest BCUT2D eigenvalue weighted by atomic mass is 19.4. The number of piperidine rings is 1. The van der Waals surface area contributed by atoms with E-state index in [1.54, 1.807) is 13.0 Å². The normalized spacial score (nSPS) is 16.4. The smallest absolute Gasteiger partial charge is 0.357 e. The van der Waals surface area contributed by atoms with Crippen LogP contribution >= 0.6 is 0 Å². The van der Waals surface area contributed by atoms with Crippen LogP contribution in [0.15, 0.2) is 42.5 Å². The molecule has 0 unspecified atom stereocenters. The third-order valence-electron chi connectivity index (χ3n) is 4.55. The van der Waals surface area contributed by atoms with Crippen LogP contribution in [-0.2, 0) is 12.6 Å². The highest BCUT2D eigenvalue weighted by Crippen LogP contribution is 2.31. The van der Waals surface area contributed by atoms with Gasteiger partial charge in [-0.2, -0.15) is 13.2 Å². The fraction of sp³-hybridized carbons (Fsp3) is 0.421. The van der Waals surface area contributed by atoms with Gasteiger partial charge >= 0.3 is 6.18 Å². The number of halogens is 3. The molecule has 1 aromatic carbocycles. The van der Waals surface area contributed by atoms with Crippen molar-refractivity contribution in [1.82, 2.24) is 4.98 Å². The third kappa shape index (κ3) is 4.08. The van der Waals surface area contributed by atoms with E-state index >= 15 is 0 Å². The molecule has 0 atom stereocenters. The summed E-state index contributed by atoms with van der Waals surface area (Å²) in [6.07, 6.45) is -1.41. The lowest BCUT2D eigenvalue weighted by Crippen LogP contribution is -2.35. The summed E-state index contributed by atoms with van der Waals surface area (Å²) in [6.45, 7) is 3.19. The van der Waals surface area contributed by atoms with Crippen molar-refractivity contribution in [3.63, 3.8) is 0 Å². The van der Waals surface area contributed by atoms with Crippen LogP contribution in [0.25, 0.3) is 0 Å². The van der Waals surface area contributed by atoms with Crippen LogP contribution < -0.4 is 4.90 Å². The second-order valence-corrected chi connectivity index (χ2v) is 6.51. The van der Waals surface area contributed by atoms with Crippen LogP contribution in [0.4, 0.5) is 19.0 Å². The summed E-state index contributed by atoms with van der Waals surface area (Å²) in [4.78, 5) is 5.81.